The third kappa shape index (κ3) is 1.94. The Balaban J connectivity index is 1.99. The van der Waals surface area contributed by atoms with Crippen molar-refractivity contribution in [3.8, 4) is 11.5 Å². The van der Waals surface area contributed by atoms with Gasteiger partial charge in [-0.15, -0.1) is 0 Å². The van der Waals surface area contributed by atoms with Gasteiger partial charge in [-0.05, 0) is 30.4 Å². The van der Waals surface area contributed by atoms with E-state index in [1.807, 2.05) is 11.0 Å². The van der Waals surface area contributed by atoms with Crippen LogP contribution in [0.1, 0.15) is 30.4 Å². The molecule has 1 aromatic rings. The highest BCUT2D eigenvalue weighted by molar-refractivity contribution is 5.74. The normalized spacial score (nSPS) is 24.1. The van der Waals surface area contributed by atoms with Crippen LogP contribution in [0.25, 0.3) is 0 Å². The number of amides is 1. The third-order valence-electron chi connectivity index (χ3n) is 4.74. The number of benzene rings is 1. The van der Waals surface area contributed by atoms with E-state index in [0.717, 1.165) is 37.4 Å². The number of likely N-dealkylation sites (tertiary alicyclic amines) is 1. The zero-order valence-electron chi connectivity index (χ0n) is 12.3. The highest BCUT2D eigenvalue weighted by Crippen LogP contribution is 2.46. The Morgan fingerprint density at radius 3 is 2.70 bits per heavy atom. The summed E-state index contributed by atoms with van der Waals surface area (Å²) in [6.45, 7) is 3.39. The van der Waals surface area contributed by atoms with Gasteiger partial charge in [-0.1, -0.05) is 6.07 Å². The van der Waals surface area contributed by atoms with Gasteiger partial charge in [0.1, 0.15) is 0 Å². The second kappa shape index (κ2) is 5.00. The molecule has 1 saturated heterocycles. The van der Waals surface area contributed by atoms with Crippen molar-refractivity contribution in [1.29, 1.82) is 0 Å². The first-order chi connectivity index (χ1) is 9.65. The van der Waals surface area contributed by atoms with Gasteiger partial charge in [0.15, 0.2) is 11.5 Å². The molecule has 0 spiro atoms. The van der Waals surface area contributed by atoms with Crippen LogP contribution in [-0.4, -0.2) is 38.1 Å². The zero-order chi connectivity index (χ0) is 14.3. The molecule has 1 heterocycles. The number of methoxy groups -OCH3 is 2. The van der Waals surface area contributed by atoms with E-state index in [2.05, 4.69) is 6.07 Å². The number of hydrogen-bond acceptors (Lipinski definition) is 3. The molecule has 1 aromatic carbocycles. The number of ether oxygens (including phenoxy) is 2. The van der Waals surface area contributed by atoms with E-state index in [9.17, 15) is 4.79 Å². The van der Waals surface area contributed by atoms with Crippen LogP contribution < -0.4 is 9.47 Å². The summed E-state index contributed by atoms with van der Waals surface area (Å²) in [5.74, 6) is 2.88. The molecule has 0 aromatic heterocycles. The number of carbonyl (C=O) groups excluding carboxylic acids is 1. The highest BCUT2D eigenvalue weighted by Gasteiger charge is 2.39. The molecule has 1 aliphatic heterocycles. The molecule has 0 bridgehead atoms. The molecule has 108 valence electrons. The first-order valence-corrected chi connectivity index (χ1v) is 7.15. The zero-order valence-corrected chi connectivity index (χ0v) is 12.3. The molecular formula is C16H21NO3. The van der Waals surface area contributed by atoms with Gasteiger partial charge in [-0.3, -0.25) is 4.79 Å². The molecule has 20 heavy (non-hydrogen) atoms. The van der Waals surface area contributed by atoms with Gasteiger partial charge in [0.05, 0.1) is 14.2 Å². The van der Waals surface area contributed by atoms with E-state index in [1.54, 1.807) is 21.1 Å². The summed E-state index contributed by atoms with van der Waals surface area (Å²) in [7, 11) is 3.36. The fourth-order valence-electron chi connectivity index (χ4n) is 3.71. The second-order valence-electron chi connectivity index (χ2n) is 5.70. The van der Waals surface area contributed by atoms with Gasteiger partial charge in [0.2, 0.25) is 5.91 Å². The summed E-state index contributed by atoms with van der Waals surface area (Å²) in [4.78, 5) is 13.6. The summed E-state index contributed by atoms with van der Waals surface area (Å²) >= 11 is 0. The maximum absolute atomic E-state index is 11.6. The summed E-state index contributed by atoms with van der Waals surface area (Å²) < 4.78 is 10.9. The van der Waals surface area contributed by atoms with Crippen molar-refractivity contribution in [2.24, 2.45) is 5.92 Å². The summed E-state index contributed by atoms with van der Waals surface area (Å²) in [6.07, 6.45) is 2.12. The quantitative estimate of drug-likeness (QED) is 0.830. The number of hydrogen-bond donors (Lipinski definition) is 0. The molecule has 4 heteroatoms. The van der Waals surface area contributed by atoms with E-state index in [0.29, 0.717) is 11.8 Å². The first kappa shape index (κ1) is 13.3. The predicted molar refractivity (Wildman–Crippen MR) is 76.4 cm³/mol. The van der Waals surface area contributed by atoms with Crippen molar-refractivity contribution in [3.05, 3.63) is 23.3 Å². The lowest BCUT2D eigenvalue weighted by Crippen LogP contribution is -2.25. The summed E-state index contributed by atoms with van der Waals surface area (Å²) in [5.41, 5.74) is 2.60. The monoisotopic (exact) mass is 275 g/mol. The lowest BCUT2D eigenvalue weighted by Gasteiger charge is -2.29. The van der Waals surface area contributed by atoms with Crippen LogP contribution in [0.4, 0.5) is 0 Å². The van der Waals surface area contributed by atoms with Crippen LogP contribution in [0, 0.1) is 5.92 Å². The molecule has 1 amide bonds. The smallest absolute Gasteiger partial charge is 0.219 e. The van der Waals surface area contributed by atoms with Gasteiger partial charge >= 0.3 is 0 Å². The molecule has 4 nitrogen and oxygen atoms in total. The lowest BCUT2D eigenvalue weighted by atomic mass is 9.76. The Hall–Kier alpha value is -1.71. The van der Waals surface area contributed by atoms with Gasteiger partial charge in [0, 0.05) is 31.5 Å². The topological polar surface area (TPSA) is 38.8 Å². The number of rotatable bonds is 2. The standard InChI is InChI=1S/C16H21NO3/c1-10(18)17-8-11-4-5-13-12(14(11)9-17)6-7-15(19-2)16(13)20-3/h6-7,11,14H,4-5,8-9H2,1-3H3/t11-,14-/m1/s1. The van der Waals surface area contributed by atoms with Crippen LogP contribution in [0.3, 0.4) is 0 Å². The van der Waals surface area contributed by atoms with Crippen LogP contribution in [0.5, 0.6) is 11.5 Å². The average Bonchev–Trinajstić information content (AvgIpc) is 2.90. The molecule has 0 radical (unpaired) electrons. The van der Waals surface area contributed by atoms with E-state index < -0.39 is 0 Å². The Morgan fingerprint density at radius 1 is 1.25 bits per heavy atom. The molecule has 2 atom stereocenters. The maximum atomic E-state index is 11.6. The summed E-state index contributed by atoms with van der Waals surface area (Å²) in [6, 6.07) is 4.13. The first-order valence-electron chi connectivity index (χ1n) is 7.15. The van der Waals surface area contributed by atoms with E-state index in [-0.39, 0.29) is 5.91 Å². The molecule has 2 aliphatic rings. The molecule has 0 saturated carbocycles. The van der Waals surface area contributed by atoms with Crippen molar-refractivity contribution in [1.82, 2.24) is 4.90 Å². The van der Waals surface area contributed by atoms with Crippen molar-refractivity contribution in [2.45, 2.75) is 25.7 Å². The van der Waals surface area contributed by atoms with Gasteiger partial charge < -0.3 is 14.4 Å². The highest BCUT2D eigenvalue weighted by atomic mass is 16.5. The Kier molecular flexibility index (Phi) is 3.32. The van der Waals surface area contributed by atoms with Crippen molar-refractivity contribution in [2.75, 3.05) is 27.3 Å². The van der Waals surface area contributed by atoms with Crippen LogP contribution in [0.2, 0.25) is 0 Å². The van der Waals surface area contributed by atoms with Crippen molar-refractivity contribution < 1.29 is 14.3 Å². The molecular weight excluding hydrogens is 254 g/mol. The van der Waals surface area contributed by atoms with Gasteiger partial charge in [-0.25, -0.2) is 0 Å². The van der Waals surface area contributed by atoms with E-state index in [1.165, 1.54) is 11.1 Å². The SMILES string of the molecule is COc1ccc2c(c1OC)CC[C@@H]1CN(C(C)=O)C[C@@H]21. The van der Waals surface area contributed by atoms with Crippen LogP contribution >= 0.6 is 0 Å². The van der Waals surface area contributed by atoms with Gasteiger partial charge in [-0.2, -0.15) is 0 Å². The number of fused-ring (bicyclic) bond motifs is 3. The van der Waals surface area contributed by atoms with Crippen LogP contribution in [-0.2, 0) is 11.2 Å². The fourth-order valence-corrected chi connectivity index (χ4v) is 3.71. The second-order valence-corrected chi connectivity index (χ2v) is 5.70. The molecule has 1 aliphatic carbocycles. The van der Waals surface area contributed by atoms with E-state index in [4.69, 9.17) is 9.47 Å². The summed E-state index contributed by atoms with van der Waals surface area (Å²) in [5, 5.41) is 0. The Labute approximate surface area is 119 Å². The molecule has 3 rings (SSSR count). The minimum Gasteiger partial charge on any atom is -0.493 e. The van der Waals surface area contributed by atoms with Crippen molar-refractivity contribution >= 4 is 5.91 Å². The fraction of sp³-hybridized carbons (Fsp3) is 0.562. The van der Waals surface area contributed by atoms with Crippen molar-refractivity contribution in [3.63, 3.8) is 0 Å². The maximum Gasteiger partial charge on any atom is 0.219 e. The number of nitrogens with zero attached hydrogens (tertiary/aromatic N) is 1. The number of carbonyl (C=O) groups is 1. The Bertz CT molecular complexity index is 541. The lowest BCUT2D eigenvalue weighted by molar-refractivity contribution is -0.127. The van der Waals surface area contributed by atoms with Crippen LogP contribution in [0.15, 0.2) is 12.1 Å². The molecule has 0 unspecified atom stereocenters. The largest absolute Gasteiger partial charge is 0.493 e. The Morgan fingerprint density at radius 2 is 2.05 bits per heavy atom. The average molecular weight is 275 g/mol. The minimum atomic E-state index is 0.182. The third-order valence-corrected chi connectivity index (χ3v) is 4.74. The minimum absolute atomic E-state index is 0.182. The van der Waals surface area contributed by atoms with Gasteiger partial charge in [0.25, 0.3) is 0 Å². The molecule has 0 N–H and O–H groups in total. The predicted octanol–water partition coefficient (Wildman–Crippen LogP) is 2.21. The molecule has 1 fully saturated rings. The van der Waals surface area contributed by atoms with E-state index >= 15 is 0 Å².